The minimum atomic E-state index is -3.87. The van der Waals surface area contributed by atoms with Crippen LogP contribution in [0.5, 0.6) is 0 Å². The molecule has 7 nitrogen and oxygen atoms in total. The van der Waals surface area contributed by atoms with Crippen molar-refractivity contribution in [2.75, 3.05) is 17.1 Å². The molecule has 196 valence electrons. The maximum absolute atomic E-state index is 13.6. The number of sulfonamides is 1. The molecule has 0 bridgehead atoms. The lowest BCUT2D eigenvalue weighted by molar-refractivity contribution is -0.139. The van der Waals surface area contributed by atoms with Crippen molar-refractivity contribution in [1.82, 2.24) is 10.2 Å². The Labute approximate surface area is 227 Å². The number of nitrogens with zero attached hydrogens (tertiary/aromatic N) is 2. The minimum Gasteiger partial charge on any atom is -0.352 e. The van der Waals surface area contributed by atoms with Crippen LogP contribution in [0.25, 0.3) is 0 Å². The Balaban J connectivity index is 1.89. The van der Waals surface area contributed by atoms with Gasteiger partial charge in [-0.3, -0.25) is 13.9 Å². The maximum Gasteiger partial charge on any atom is 0.244 e. The predicted octanol–water partition coefficient (Wildman–Crippen LogP) is 5.28. The van der Waals surface area contributed by atoms with Crippen LogP contribution in [-0.2, 0) is 26.2 Å². The second kappa shape index (κ2) is 12.5. The average molecular weight is 575 g/mol. The number of carbonyl (C=O) groups is 2. The molecule has 3 rings (SSSR count). The van der Waals surface area contributed by atoms with Crippen LogP contribution in [0, 0.1) is 0 Å². The van der Waals surface area contributed by atoms with Gasteiger partial charge in [-0.2, -0.15) is 0 Å². The summed E-state index contributed by atoms with van der Waals surface area (Å²) in [6.07, 6.45) is 6.05. The van der Waals surface area contributed by atoms with Gasteiger partial charge in [-0.1, -0.05) is 72.3 Å². The lowest BCUT2D eigenvalue weighted by atomic mass is 9.95. The number of hydrogen-bond donors (Lipinski definition) is 1. The summed E-state index contributed by atoms with van der Waals surface area (Å²) in [6.45, 7) is 1.15. The lowest BCUT2D eigenvalue weighted by Crippen LogP contribution is -2.53. The molecule has 0 radical (unpaired) electrons. The molecule has 0 aliphatic heterocycles. The van der Waals surface area contributed by atoms with Gasteiger partial charge in [0.1, 0.15) is 12.6 Å². The monoisotopic (exact) mass is 573 g/mol. The van der Waals surface area contributed by atoms with Gasteiger partial charge in [0.15, 0.2) is 0 Å². The Morgan fingerprint density at radius 3 is 2.28 bits per heavy atom. The number of halogens is 3. The van der Waals surface area contributed by atoms with Crippen LogP contribution in [0.15, 0.2) is 42.5 Å². The van der Waals surface area contributed by atoms with E-state index in [-0.39, 0.29) is 34.2 Å². The predicted molar refractivity (Wildman–Crippen MR) is 145 cm³/mol. The topological polar surface area (TPSA) is 86.8 Å². The third-order valence-electron chi connectivity index (χ3n) is 6.29. The van der Waals surface area contributed by atoms with E-state index in [0.717, 1.165) is 42.7 Å². The van der Waals surface area contributed by atoms with E-state index in [2.05, 4.69) is 5.32 Å². The van der Waals surface area contributed by atoms with Gasteiger partial charge in [-0.05, 0) is 49.6 Å². The molecular weight excluding hydrogens is 545 g/mol. The zero-order chi connectivity index (χ0) is 26.5. The summed E-state index contributed by atoms with van der Waals surface area (Å²) in [7, 11) is -3.87. The molecule has 1 N–H and O–H groups in total. The van der Waals surface area contributed by atoms with Gasteiger partial charge < -0.3 is 10.2 Å². The number of hydrogen-bond acceptors (Lipinski definition) is 4. The van der Waals surface area contributed by atoms with Crippen LogP contribution < -0.4 is 9.62 Å². The summed E-state index contributed by atoms with van der Waals surface area (Å²) in [5.74, 6) is -0.847. The normalized spacial score (nSPS) is 15.2. The fourth-order valence-corrected chi connectivity index (χ4v) is 5.54. The van der Waals surface area contributed by atoms with Crippen LogP contribution in [0.2, 0.25) is 15.1 Å². The molecule has 0 heterocycles. The van der Waals surface area contributed by atoms with Gasteiger partial charge in [-0.15, -0.1) is 0 Å². The van der Waals surface area contributed by atoms with Crippen molar-refractivity contribution < 1.29 is 18.0 Å². The molecule has 1 aliphatic rings. The molecule has 11 heteroatoms. The number of benzene rings is 2. The van der Waals surface area contributed by atoms with Gasteiger partial charge >= 0.3 is 0 Å². The van der Waals surface area contributed by atoms with Crippen molar-refractivity contribution >= 4 is 62.3 Å². The van der Waals surface area contributed by atoms with E-state index >= 15 is 0 Å². The van der Waals surface area contributed by atoms with Crippen LogP contribution in [0.4, 0.5) is 5.69 Å². The van der Waals surface area contributed by atoms with E-state index in [1.807, 2.05) is 0 Å². The van der Waals surface area contributed by atoms with Crippen molar-refractivity contribution in [1.29, 1.82) is 0 Å². The third kappa shape index (κ3) is 7.51. The molecule has 2 aromatic carbocycles. The molecule has 0 saturated heterocycles. The first-order valence-electron chi connectivity index (χ1n) is 11.7. The molecule has 0 aromatic heterocycles. The van der Waals surface area contributed by atoms with Crippen molar-refractivity contribution in [2.24, 2.45) is 0 Å². The first-order valence-corrected chi connectivity index (χ1v) is 14.7. The van der Waals surface area contributed by atoms with Crippen LogP contribution in [-0.4, -0.2) is 50.0 Å². The van der Waals surface area contributed by atoms with E-state index in [1.165, 1.54) is 23.1 Å². The highest BCUT2D eigenvalue weighted by Crippen LogP contribution is 2.29. The molecule has 1 fully saturated rings. The molecule has 0 unspecified atom stereocenters. The second-order valence-corrected chi connectivity index (χ2v) is 12.1. The number of amides is 2. The van der Waals surface area contributed by atoms with Crippen molar-refractivity contribution in [3.05, 3.63) is 63.1 Å². The molecule has 1 atom stereocenters. The van der Waals surface area contributed by atoms with E-state index in [1.54, 1.807) is 31.2 Å². The zero-order valence-electron chi connectivity index (χ0n) is 20.2. The summed E-state index contributed by atoms with van der Waals surface area (Å²) < 4.78 is 26.2. The number of nitrogens with one attached hydrogen (secondary N) is 1. The lowest BCUT2D eigenvalue weighted by Gasteiger charge is -2.33. The first-order chi connectivity index (χ1) is 17.0. The molecule has 2 amide bonds. The fraction of sp³-hybridized carbons (Fsp3) is 0.440. The summed E-state index contributed by atoms with van der Waals surface area (Å²) >= 11 is 18.4. The van der Waals surface area contributed by atoms with Crippen molar-refractivity contribution in [2.45, 2.75) is 57.7 Å². The quantitative estimate of drug-likeness (QED) is 0.442. The fourth-order valence-electron chi connectivity index (χ4n) is 4.22. The van der Waals surface area contributed by atoms with Gasteiger partial charge in [0, 0.05) is 17.6 Å². The van der Waals surface area contributed by atoms with E-state index in [9.17, 15) is 18.0 Å². The molecular formula is C25H30Cl3N3O4S. The zero-order valence-corrected chi connectivity index (χ0v) is 23.3. The molecule has 1 aliphatic carbocycles. The second-order valence-electron chi connectivity index (χ2n) is 9.00. The summed E-state index contributed by atoms with van der Waals surface area (Å²) in [5.41, 5.74) is 0.836. The Morgan fingerprint density at radius 2 is 1.67 bits per heavy atom. The Morgan fingerprint density at radius 1 is 1.00 bits per heavy atom. The first kappa shape index (κ1) is 28.6. The summed E-state index contributed by atoms with van der Waals surface area (Å²) in [4.78, 5) is 28.1. The molecule has 1 saturated carbocycles. The standard InChI is InChI=1S/C25H30Cl3N3O4S/c1-17(25(33)29-19-9-4-3-5-10-19)30(15-18-8-6-7-11-21(18)26)24(32)16-31(36(2,34)35)20-12-13-22(27)23(28)14-20/h6-8,11-14,17,19H,3-5,9-10,15-16H2,1-2H3,(H,29,33)/t17-/m1/s1. The highest BCUT2D eigenvalue weighted by molar-refractivity contribution is 7.92. The van der Waals surface area contributed by atoms with Gasteiger partial charge in [0.05, 0.1) is 22.0 Å². The Kier molecular flexibility index (Phi) is 9.92. The van der Waals surface area contributed by atoms with Crippen LogP contribution in [0.3, 0.4) is 0 Å². The van der Waals surface area contributed by atoms with E-state index in [4.69, 9.17) is 34.8 Å². The Hall–Kier alpha value is -2.00. The maximum atomic E-state index is 13.6. The van der Waals surface area contributed by atoms with Gasteiger partial charge in [0.2, 0.25) is 21.8 Å². The van der Waals surface area contributed by atoms with Crippen LogP contribution >= 0.6 is 34.8 Å². The van der Waals surface area contributed by atoms with Crippen molar-refractivity contribution in [3.8, 4) is 0 Å². The minimum absolute atomic E-state index is 0.0384. The van der Waals surface area contributed by atoms with E-state index < -0.39 is 28.5 Å². The smallest absolute Gasteiger partial charge is 0.244 e. The van der Waals surface area contributed by atoms with Crippen LogP contribution in [0.1, 0.15) is 44.6 Å². The number of carbonyl (C=O) groups excluding carboxylic acids is 2. The SMILES string of the molecule is C[C@H](C(=O)NC1CCCCC1)N(Cc1ccccc1Cl)C(=O)CN(c1ccc(Cl)c(Cl)c1)S(C)(=O)=O. The number of rotatable bonds is 9. The largest absolute Gasteiger partial charge is 0.352 e. The molecule has 2 aromatic rings. The summed E-state index contributed by atoms with van der Waals surface area (Å²) in [5, 5.41) is 3.91. The number of anilines is 1. The average Bonchev–Trinajstić information content (AvgIpc) is 2.83. The highest BCUT2D eigenvalue weighted by Gasteiger charge is 2.31. The van der Waals surface area contributed by atoms with Gasteiger partial charge in [0.25, 0.3) is 0 Å². The molecule has 36 heavy (non-hydrogen) atoms. The molecule has 0 spiro atoms. The highest BCUT2D eigenvalue weighted by atomic mass is 35.5. The third-order valence-corrected chi connectivity index (χ3v) is 8.54. The Bertz CT molecular complexity index is 1200. The van der Waals surface area contributed by atoms with E-state index in [0.29, 0.717) is 10.6 Å². The summed E-state index contributed by atoms with van der Waals surface area (Å²) in [6, 6.07) is 10.6. The van der Waals surface area contributed by atoms with Gasteiger partial charge in [-0.25, -0.2) is 8.42 Å². The van der Waals surface area contributed by atoms with Crippen molar-refractivity contribution in [3.63, 3.8) is 0 Å².